The Morgan fingerprint density at radius 2 is 2.10 bits per heavy atom. The molecule has 1 aromatic rings. The minimum Gasteiger partial charge on any atom is -0.507 e. The van der Waals surface area contributed by atoms with Gasteiger partial charge in [-0.25, -0.2) is 0 Å². The van der Waals surface area contributed by atoms with Gasteiger partial charge in [0.05, 0.1) is 5.56 Å². The van der Waals surface area contributed by atoms with Crippen LogP contribution in [0.4, 0.5) is 0 Å². The van der Waals surface area contributed by atoms with Crippen molar-refractivity contribution in [2.45, 2.75) is 32.2 Å². The highest BCUT2D eigenvalue weighted by molar-refractivity contribution is 5.97. The summed E-state index contributed by atoms with van der Waals surface area (Å²) in [6.07, 6.45) is 3.28. The molecule has 1 aromatic carbocycles. The number of fused-ring (bicyclic) bond motifs is 1. The lowest BCUT2D eigenvalue weighted by molar-refractivity contribution is 0.0911. The molecule has 1 unspecified atom stereocenters. The van der Waals surface area contributed by atoms with E-state index in [0.29, 0.717) is 11.5 Å². The first-order valence-electron chi connectivity index (χ1n) is 7.45. The molecule has 2 aliphatic rings. The van der Waals surface area contributed by atoms with E-state index in [-0.39, 0.29) is 17.7 Å². The Hall–Kier alpha value is -1.55. The van der Waals surface area contributed by atoms with Crippen LogP contribution in [-0.2, 0) is 0 Å². The normalized spacial score (nSPS) is 28.9. The maximum absolute atomic E-state index is 12.3. The van der Waals surface area contributed by atoms with Crippen molar-refractivity contribution in [2.24, 2.45) is 11.8 Å². The average molecular weight is 274 g/mol. The SMILES string of the molecule is Cc1cccc(C(=O)NC2CC[C@H]3CNC[C@H]3C2)c1O. The van der Waals surface area contributed by atoms with E-state index in [4.69, 9.17) is 0 Å². The third kappa shape index (κ3) is 2.52. The molecule has 0 spiro atoms. The smallest absolute Gasteiger partial charge is 0.255 e. The van der Waals surface area contributed by atoms with Crippen LogP contribution in [0.15, 0.2) is 18.2 Å². The maximum atomic E-state index is 12.3. The molecule has 0 bridgehead atoms. The average Bonchev–Trinajstić information content (AvgIpc) is 2.89. The van der Waals surface area contributed by atoms with Crippen molar-refractivity contribution in [3.05, 3.63) is 29.3 Å². The van der Waals surface area contributed by atoms with Gasteiger partial charge < -0.3 is 15.7 Å². The Kier molecular flexibility index (Phi) is 3.66. The molecule has 0 radical (unpaired) electrons. The number of hydrogen-bond donors (Lipinski definition) is 3. The molecule has 3 N–H and O–H groups in total. The third-order valence-corrected chi connectivity index (χ3v) is 4.77. The van der Waals surface area contributed by atoms with Crippen LogP contribution in [0.3, 0.4) is 0 Å². The Bertz CT molecular complexity index is 515. The number of phenolic OH excluding ortho intramolecular Hbond substituents is 1. The lowest BCUT2D eigenvalue weighted by Gasteiger charge is -2.31. The maximum Gasteiger partial charge on any atom is 0.255 e. The fraction of sp³-hybridized carbons (Fsp3) is 0.562. The first kappa shape index (κ1) is 13.4. The molecule has 1 amide bonds. The van der Waals surface area contributed by atoms with Gasteiger partial charge in [0, 0.05) is 6.04 Å². The van der Waals surface area contributed by atoms with E-state index in [2.05, 4.69) is 10.6 Å². The summed E-state index contributed by atoms with van der Waals surface area (Å²) in [7, 11) is 0. The van der Waals surface area contributed by atoms with Crippen LogP contribution in [-0.4, -0.2) is 30.1 Å². The van der Waals surface area contributed by atoms with E-state index in [9.17, 15) is 9.90 Å². The predicted molar refractivity (Wildman–Crippen MR) is 77.8 cm³/mol. The van der Waals surface area contributed by atoms with Gasteiger partial charge in [0.25, 0.3) is 5.91 Å². The monoisotopic (exact) mass is 274 g/mol. The molecular weight excluding hydrogens is 252 g/mol. The van der Waals surface area contributed by atoms with Crippen molar-refractivity contribution in [1.29, 1.82) is 0 Å². The van der Waals surface area contributed by atoms with Crippen LogP contribution in [0.1, 0.15) is 35.2 Å². The van der Waals surface area contributed by atoms with E-state index in [1.807, 2.05) is 19.1 Å². The number of nitrogens with one attached hydrogen (secondary N) is 2. The number of amides is 1. The molecule has 4 heteroatoms. The quantitative estimate of drug-likeness (QED) is 0.771. The van der Waals surface area contributed by atoms with Crippen LogP contribution >= 0.6 is 0 Å². The van der Waals surface area contributed by atoms with Crippen LogP contribution in [0.2, 0.25) is 0 Å². The van der Waals surface area contributed by atoms with Crippen LogP contribution < -0.4 is 10.6 Å². The summed E-state index contributed by atoms with van der Waals surface area (Å²) >= 11 is 0. The van der Waals surface area contributed by atoms with Gasteiger partial charge in [-0.15, -0.1) is 0 Å². The molecule has 3 rings (SSSR count). The summed E-state index contributed by atoms with van der Waals surface area (Å²) in [4.78, 5) is 12.3. The number of aromatic hydroxyl groups is 1. The Balaban J connectivity index is 1.65. The van der Waals surface area contributed by atoms with Crippen molar-refractivity contribution in [2.75, 3.05) is 13.1 Å². The number of para-hydroxylation sites is 1. The van der Waals surface area contributed by atoms with Crippen molar-refractivity contribution in [3.8, 4) is 5.75 Å². The summed E-state index contributed by atoms with van der Waals surface area (Å²) in [5.41, 5.74) is 1.12. The molecular formula is C16H22N2O2. The number of rotatable bonds is 2. The zero-order valence-corrected chi connectivity index (χ0v) is 11.9. The molecule has 0 aromatic heterocycles. The Morgan fingerprint density at radius 1 is 1.30 bits per heavy atom. The van der Waals surface area contributed by atoms with E-state index >= 15 is 0 Å². The number of carbonyl (C=O) groups is 1. The second kappa shape index (κ2) is 5.44. The molecule has 4 nitrogen and oxygen atoms in total. The van der Waals surface area contributed by atoms with Crippen LogP contribution in [0.25, 0.3) is 0 Å². The Labute approximate surface area is 119 Å². The third-order valence-electron chi connectivity index (χ3n) is 4.77. The molecule has 108 valence electrons. The van der Waals surface area contributed by atoms with Crippen LogP contribution in [0.5, 0.6) is 5.75 Å². The standard InChI is InChI=1S/C16H22N2O2/c1-10-3-2-4-14(15(10)19)16(20)18-13-6-5-11-8-17-9-12(11)7-13/h2-4,11-13,17,19H,5-9H2,1H3,(H,18,20)/t11-,12+,13?/m0/s1. The molecule has 3 atom stereocenters. The number of phenols is 1. The van der Waals surface area contributed by atoms with Gasteiger partial charge in [-0.2, -0.15) is 0 Å². The zero-order valence-electron chi connectivity index (χ0n) is 11.9. The molecule has 1 saturated heterocycles. The lowest BCUT2D eigenvalue weighted by Crippen LogP contribution is -2.40. The highest BCUT2D eigenvalue weighted by Crippen LogP contribution is 2.33. The van der Waals surface area contributed by atoms with Crippen molar-refractivity contribution in [3.63, 3.8) is 0 Å². The van der Waals surface area contributed by atoms with Gasteiger partial charge in [0.15, 0.2) is 0 Å². The fourth-order valence-corrected chi connectivity index (χ4v) is 3.54. The van der Waals surface area contributed by atoms with Gasteiger partial charge in [0.2, 0.25) is 0 Å². The molecule has 1 aliphatic carbocycles. The number of benzene rings is 1. The lowest BCUT2D eigenvalue weighted by atomic mass is 9.79. The number of carbonyl (C=O) groups excluding carboxylic acids is 1. The van der Waals surface area contributed by atoms with Gasteiger partial charge in [0.1, 0.15) is 5.75 Å². The van der Waals surface area contributed by atoms with Gasteiger partial charge >= 0.3 is 0 Å². The summed E-state index contributed by atoms with van der Waals surface area (Å²) < 4.78 is 0. The predicted octanol–water partition coefficient (Wildman–Crippen LogP) is 1.82. The van der Waals surface area contributed by atoms with Crippen molar-refractivity contribution >= 4 is 5.91 Å². The first-order valence-corrected chi connectivity index (χ1v) is 7.45. The molecule has 2 fully saturated rings. The van der Waals surface area contributed by atoms with Gasteiger partial charge in [-0.05, 0) is 62.7 Å². The highest BCUT2D eigenvalue weighted by atomic mass is 16.3. The van der Waals surface area contributed by atoms with Crippen molar-refractivity contribution in [1.82, 2.24) is 10.6 Å². The molecule has 1 saturated carbocycles. The second-order valence-corrected chi connectivity index (χ2v) is 6.13. The summed E-state index contributed by atoms with van der Waals surface area (Å²) in [6.45, 7) is 4.01. The number of hydrogen-bond acceptors (Lipinski definition) is 3. The topological polar surface area (TPSA) is 61.4 Å². The summed E-state index contributed by atoms with van der Waals surface area (Å²) in [6, 6.07) is 5.53. The van der Waals surface area contributed by atoms with Gasteiger partial charge in [-0.3, -0.25) is 4.79 Å². The zero-order chi connectivity index (χ0) is 14.1. The molecule has 1 aliphatic heterocycles. The first-order chi connectivity index (χ1) is 9.65. The largest absolute Gasteiger partial charge is 0.507 e. The Morgan fingerprint density at radius 3 is 2.95 bits per heavy atom. The van der Waals surface area contributed by atoms with E-state index in [1.54, 1.807) is 6.07 Å². The second-order valence-electron chi connectivity index (χ2n) is 6.13. The highest BCUT2D eigenvalue weighted by Gasteiger charge is 2.34. The van der Waals surface area contributed by atoms with E-state index < -0.39 is 0 Å². The van der Waals surface area contributed by atoms with E-state index in [0.717, 1.165) is 37.4 Å². The fourth-order valence-electron chi connectivity index (χ4n) is 3.54. The summed E-state index contributed by atoms with van der Waals surface area (Å²) in [5, 5.41) is 16.5. The van der Waals surface area contributed by atoms with Crippen LogP contribution in [0, 0.1) is 18.8 Å². The molecule has 20 heavy (non-hydrogen) atoms. The number of aryl methyl sites for hydroxylation is 1. The summed E-state index contributed by atoms with van der Waals surface area (Å²) in [5.74, 6) is 1.43. The van der Waals surface area contributed by atoms with E-state index in [1.165, 1.54) is 6.42 Å². The van der Waals surface area contributed by atoms with Gasteiger partial charge in [-0.1, -0.05) is 12.1 Å². The molecule has 1 heterocycles. The minimum absolute atomic E-state index is 0.0984. The van der Waals surface area contributed by atoms with Crippen molar-refractivity contribution < 1.29 is 9.90 Å². The minimum atomic E-state index is -0.152.